The fourth-order valence-corrected chi connectivity index (χ4v) is 4.24. The minimum absolute atomic E-state index is 0.176. The summed E-state index contributed by atoms with van der Waals surface area (Å²) in [5, 5.41) is 0. The number of nitrogens with two attached hydrogens (primary N) is 1. The van der Waals surface area contributed by atoms with Crippen LogP contribution in [0.3, 0.4) is 0 Å². The largest absolute Gasteiger partial charge is 0.366 e. The molecule has 1 aliphatic rings. The van der Waals surface area contributed by atoms with Crippen molar-refractivity contribution in [2.75, 3.05) is 51.7 Å². The molecule has 172 valence electrons. The lowest BCUT2D eigenvalue weighted by Gasteiger charge is -2.34. The molecule has 1 fully saturated rings. The molecule has 3 rings (SSSR count). The minimum atomic E-state index is -0.447. The first-order valence-corrected chi connectivity index (χ1v) is 11.3. The number of anilines is 1. The number of carbonyl (C=O) groups is 2. The normalized spacial score (nSPS) is 16.6. The lowest BCUT2D eigenvalue weighted by molar-refractivity contribution is -0.132. The molecular weight excluding hydrogens is 404 g/mol. The predicted octanol–water partition coefficient (Wildman–Crippen LogP) is 2.36. The van der Waals surface area contributed by atoms with Gasteiger partial charge in [0.25, 0.3) is 0 Å². The molecule has 2 N–H and O–H groups in total. The van der Waals surface area contributed by atoms with Crippen LogP contribution in [0.1, 0.15) is 48.7 Å². The number of piperidine rings is 1. The van der Waals surface area contributed by atoms with E-state index < -0.39 is 5.91 Å². The van der Waals surface area contributed by atoms with Crippen molar-refractivity contribution < 1.29 is 9.59 Å². The average Bonchev–Trinajstić information content (AvgIpc) is 2.79. The Bertz CT molecular complexity index is 940. The quantitative estimate of drug-likeness (QED) is 0.680. The third-order valence-corrected chi connectivity index (χ3v) is 6.05. The Hall–Kier alpha value is -3.00. The molecule has 1 saturated heterocycles. The number of aromatic nitrogens is 2. The highest BCUT2D eigenvalue weighted by atomic mass is 16.2. The zero-order valence-electron chi connectivity index (χ0n) is 19.5. The highest BCUT2D eigenvalue weighted by molar-refractivity contribution is 5.93. The van der Waals surface area contributed by atoms with Crippen LogP contribution >= 0.6 is 0 Å². The van der Waals surface area contributed by atoms with E-state index in [1.807, 2.05) is 56.1 Å². The van der Waals surface area contributed by atoms with Gasteiger partial charge in [0.15, 0.2) is 0 Å². The maximum atomic E-state index is 12.6. The smallest absolute Gasteiger partial charge is 0.248 e. The zero-order valence-corrected chi connectivity index (χ0v) is 19.5. The van der Waals surface area contributed by atoms with Crippen molar-refractivity contribution in [2.24, 2.45) is 5.73 Å². The maximum absolute atomic E-state index is 12.6. The standard InChI is InChI=1S/C24H34N6O2/c1-5-30(6-2)21(31)16-29-13-7-8-19(15-29)22-20(14-26-24(27-22)28(3)4)17-9-11-18(12-10-17)23(25)32/h9-12,14,19H,5-8,13,15-16H2,1-4H3,(H2,25,32)/t19-/m1/s1. The van der Waals surface area contributed by atoms with Crippen molar-refractivity contribution in [3.05, 3.63) is 41.7 Å². The van der Waals surface area contributed by atoms with Crippen LogP contribution in [0.25, 0.3) is 11.1 Å². The van der Waals surface area contributed by atoms with Crippen LogP contribution in [0, 0.1) is 0 Å². The number of hydrogen-bond donors (Lipinski definition) is 1. The molecule has 8 heteroatoms. The maximum Gasteiger partial charge on any atom is 0.248 e. The molecule has 1 aromatic carbocycles. The number of hydrogen-bond acceptors (Lipinski definition) is 6. The van der Waals surface area contributed by atoms with Gasteiger partial charge in [0.2, 0.25) is 17.8 Å². The van der Waals surface area contributed by atoms with Crippen LogP contribution in [0.15, 0.2) is 30.5 Å². The third kappa shape index (κ3) is 5.43. The van der Waals surface area contributed by atoms with Gasteiger partial charge < -0.3 is 15.5 Å². The van der Waals surface area contributed by atoms with Crippen LogP contribution in [-0.4, -0.2) is 78.4 Å². The third-order valence-electron chi connectivity index (χ3n) is 6.05. The van der Waals surface area contributed by atoms with Gasteiger partial charge in [0.05, 0.1) is 12.2 Å². The summed E-state index contributed by atoms with van der Waals surface area (Å²) in [4.78, 5) is 39.6. The van der Waals surface area contributed by atoms with Crippen molar-refractivity contribution in [3.63, 3.8) is 0 Å². The van der Waals surface area contributed by atoms with Gasteiger partial charge in [-0.15, -0.1) is 0 Å². The monoisotopic (exact) mass is 438 g/mol. The van der Waals surface area contributed by atoms with E-state index in [1.54, 1.807) is 12.1 Å². The zero-order chi connectivity index (χ0) is 23.3. The summed E-state index contributed by atoms with van der Waals surface area (Å²) < 4.78 is 0. The number of primary amides is 1. The first-order chi connectivity index (χ1) is 15.3. The number of benzene rings is 1. The lowest BCUT2D eigenvalue weighted by atomic mass is 9.89. The van der Waals surface area contributed by atoms with Crippen LogP contribution in [0.2, 0.25) is 0 Å². The number of carbonyl (C=O) groups excluding carboxylic acids is 2. The molecule has 1 aromatic heterocycles. The van der Waals surface area contributed by atoms with Crippen LogP contribution < -0.4 is 10.6 Å². The van der Waals surface area contributed by atoms with E-state index >= 15 is 0 Å². The summed E-state index contributed by atoms with van der Waals surface area (Å²) in [7, 11) is 3.85. The molecule has 2 aromatic rings. The Labute approximate surface area is 190 Å². The second kappa shape index (κ2) is 10.5. The summed E-state index contributed by atoms with van der Waals surface area (Å²) in [5.74, 6) is 0.584. The van der Waals surface area contributed by atoms with Gasteiger partial charge in [-0.25, -0.2) is 9.97 Å². The van der Waals surface area contributed by atoms with Gasteiger partial charge in [0.1, 0.15) is 0 Å². The van der Waals surface area contributed by atoms with Crippen molar-refractivity contribution >= 4 is 17.8 Å². The molecule has 32 heavy (non-hydrogen) atoms. The van der Waals surface area contributed by atoms with Gasteiger partial charge in [-0.05, 0) is 50.9 Å². The fourth-order valence-electron chi connectivity index (χ4n) is 4.24. The molecule has 2 heterocycles. The van der Waals surface area contributed by atoms with E-state index in [0.29, 0.717) is 18.1 Å². The van der Waals surface area contributed by atoms with Crippen molar-refractivity contribution in [1.29, 1.82) is 0 Å². The van der Waals surface area contributed by atoms with E-state index in [2.05, 4.69) is 9.88 Å². The minimum Gasteiger partial charge on any atom is -0.366 e. The highest BCUT2D eigenvalue weighted by Crippen LogP contribution is 2.34. The molecule has 0 saturated carbocycles. The van der Waals surface area contributed by atoms with Crippen LogP contribution in [0.4, 0.5) is 5.95 Å². The summed E-state index contributed by atoms with van der Waals surface area (Å²) in [6.07, 6.45) is 3.88. The van der Waals surface area contributed by atoms with Crippen molar-refractivity contribution in [1.82, 2.24) is 19.8 Å². The van der Waals surface area contributed by atoms with Crippen LogP contribution in [0.5, 0.6) is 0 Å². The number of nitrogens with zero attached hydrogens (tertiary/aromatic N) is 5. The molecule has 0 bridgehead atoms. The molecule has 2 amide bonds. The molecule has 1 aliphatic heterocycles. The number of likely N-dealkylation sites (tertiary alicyclic amines) is 1. The lowest BCUT2D eigenvalue weighted by Crippen LogP contribution is -2.44. The van der Waals surface area contributed by atoms with E-state index in [4.69, 9.17) is 10.7 Å². The summed E-state index contributed by atoms with van der Waals surface area (Å²) in [5.41, 5.74) is 8.75. The predicted molar refractivity (Wildman–Crippen MR) is 127 cm³/mol. The average molecular weight is 439 g/mol. The SMILES string of the molecule is CCN(CC)C(=O)CN1CCC[C@@H](c2nc(N(C)C)ncc2-c2ccc(C(N)=O)cc2)C1. The summed E-state index contributed by atoms with van der Waals surface area (Å²) in [6, 6.07) is 7.25. The summed E-state index contributed by atoms with van der Waals surface area (Å²) in [6.45, 7) is 7.62. The molecule has 0 radical (unpaired) electrons. The van der Waals surface area contributed by atoms with Gasteiger partial charge in [-0.1, -0.05) is 12.1 Å². The summed E-state index contributed by atoms with van der Waals surface area (Å²) >= 11 is 0. The fraction of sp³-hybridized carbons (Fsp3) is 0.500. The first-order valence-electron chi connectivity index (χ1n) is 11.3. The van der Waals surface area contributed by atoms with Gasteiger partial charge in [-0.2, -0.15) is 0 Å². The Balaban J connectivity index is 1.90. The van der Waals surface area contributed by atoms with E-state index in [9.17, 15) is 9.59 Å². The number of rotatable bonds is 8. The van der Waals surface area contributed by atoms with E-state index in [0.717, 1.165) is 55.8 Å². The Morgan fingerprint density at radius 2 is 1.84 bits per heavy atom. The second-order valence-electron chi connectivity index (χ2n) is 8.45. The molecule has 0 aliphatic carbocycles. The molecule has 0 unspecified atom stereocenters. The molecular formula is C24H34N6O2. The number of amides is 2. The Kier molecular flexibility index (Phi) is 7.80. The topological polar surface area (TPSA) is 95.7 Å². The van der Waals surface area contributed by atoms with Crippen molar-refractivity contribution in [3.8, 4) is 11.1 Å². The Morgan fingerprint density at radius 1 is 1.16 bits per heavy atom. The Morgan fingerprint density at radius 3 is 2.44 bits per heavy atom. The molecule has 0 spiro atoms. The molecule has 8 nitrogen and oxygen atoms in total. The van der Waals surface area contributed by atoms with Gasteiger partial charge in [0, 0.05) is 57.0 Å². The van der Waals surface area contributed by atoms with Gasteiger partial charge in [-0.3, -0.25) is 14.5 Å². The number of likely N-dealkylation sites (N-methyl/N-ethyl adjacent to an activating group) is 1. The van der Waals surface area contributed by atoms with Crippen molar-refractivity contribution in [2.45, 2.75) is 32.6 Å². The first kappa shape index (κ1) is 23.7. The van der Waals surface area contributed by atoms with Crippen LogP contribution in [-0.2, 0) is 4.79 Å². The van der Waals surface area contributed by atoms with Gasteiger partial charge >= 0.3 is 0 Å². The highest BCUT2D eigenvalue weighted by Gasteiger charge is 2.27. The second-order valence-corrected chi connectivity index (χ2v) is 8.45. The van der Waals surface area contributed by atoms with E-state index in [-0.39, 0.29) is 11.8 Å². The van der Waals surface area contributed by atoms with E-state index in [1.165, 1.54) is 0 Å². The molecule has 1 atom stereocenters.